The molecule has 0 saturated carbocycles. The highest BCUT2D eigenvalue weighted by Crippen LogP contribution is 2.16. The predicted molar refractivity (Wildman–Crippen MR) is 66.4 cm³/mol. The third kappa shape index (κ3) is 2.44. The summed E-state index contributed by atoms with van der Waals surface area (Å²) >= 11 is 0. The van der Waals surface area contributed by atoms with Gasteiger partial charge in [-0.2, -0.15) is 0 Å². The molecule has 0 unspecified atom stereocenters. The number of nitrogens with one attached hydrogen (secondary N) is 2. The average molecular weight is 246 g/mol. The van der Waals surface area contributed by atoms with Gasteiger partial charge in [0.2, 0.25) is 0 Å². The average Bonchev–Trinajstić information content (AvgIpc) is 2.40. The van der Waals surface area contributed by atoms with E-state index >= 15 is 0 Å². The molecule has 2 aromatic rings. The van der Waals surface area contributed by atoms with E-state index in [1.54, 1.807) is 24.3 Å². The van der Waals surface area contributed by atoms with Gasteiger partial charge in [-0.05, 0) is 18.2 Å². The Morgan fingerprint density at radius 1 is 1.22 bits per heavy atom. The number of anilines is 2. The molecule has 0 aliphatic rings. The van der Waals surface area contributed by atoms with E-state index in [9.17, 15) is 9.18 Å². The smallest absolute Gasteiger partial charge is 0.258 e. The SMILES string of the molecule is NNc1nccc(C(=O)Nc2ccccc2)c1F. The van der Waals surface area contributed by atoms with Gasteiger partial charge in [0.15, 0.2) is 11.6 Å². The molecule has 92 valence electrons. The summed E-state index contributed by atoms with van der Waals surface area (Å²) in [6.07, 6.45) is 1.30. The second-order valence-corrected chi connectivity index (χ2v) is 3.49. The van der Waals surface area contributed by atoms with Crippen molar-refractivity contribution in [3.05, 3.63) is 54.0 Å². The third-order valence-corrected chi connectivity index (χ3v) is 2.30. The molecule has 0 aliphatic carbocycles. The molecule has 4 N–H and O–H groups in total. The molecule has 6 heteroatoms. The number of hydrazine groups is 1. The van der Waals surface area contributed by atoms with E-state index < -0.39 is 11.7 Å². The van der Waals surface area contributed by atoms with Crippen molar-refractivity contribution in [2.24, 2.45) is 5.84 Å². The number of aromatic nitrogens is 1. The zero-order chi connectivity index (χ0) is 13.0. The molecule has 0 atom stereocenters. The number of rotatable bonds is 3. The van der Waals surface area contributed by atoms with Gasteiger partial charge in [-0.15, -0.1) is 0 Å². The van der Waals surface area contributed by atoms with Crippen LogP contribution in [-0.4, -0.2) is 10.9 Å². The molecule has 18 heavy (non-hydrogen) atoms. The Hall–Kier alpha value is -2.47. The molecule has 1 amide bonds. The van der Waals surface area contributed by atoms with Gasteiger partial charge < -0.3 is 10.7 Å². The van der Waals surface area contributed by atoms with Crippen LogP contribution in [0.25, 0.3) is 0 Å². The molecule has 0 fully saturated rings. The van der Waals surface area contributed by atoms with Gasteiger partial charge in [0.1, 0.15) is 0 Å². The first-order valence-corrected chi connectivity index (χ1v) is 5.20. The minimum atomic E-state index is -0.784. The van der Waals surface area contributed by atoms with E-state index in [1.807, 2.05) is 6.07 Å². The van der Waals surface area contributed by atoms with E-state index in [2.05, 4.69) is 15.7 Å². The lowest BCUT2D eigenvalue weighted by atomic mass is 10.2. The van der Waals surface area contributed by atoms with Crippen LogP contribution in [0.5, 0.6) is 0 Å². The second-order valence-electron chi connectivity index (χ2n) is 3.49. The summed E-state index contributed by atoms with van der Waals surface area (Å²) in [6, 6.07) is 10.1. The number of carbonyl (C=O) groups is 1. The Morgan fingerprint density at radius 2 is 1.94 bits per heavy atom. The number of nitrogens with two attached hydrogens (primary N) is 1. The van der Waals surface area contributed by atoms with Crippen LogP contribution in [0.15, 0.2) is 42.6 Å². The van der Waals surface area contributed by atoms with Gasteiger partial charge in [0, 0.05) is 11.9 Å². The maximum Gasteiger partial charge on any atom is 0.258 e. The topological polar surface area (TPSA) is 80.0 Å². The lowest BCUT2D eigenvalue weighted by Crippen LogP contribution is -2.17. The summed E-state index contributed by atoms with van der Waals surface area (Å²) in [5.74, 6) is 3.58. The van der Waals surface area contributed by atoms with Crippen LogP contribution >= 0.6 is 0 Å². The highest BCUT2D eigenvalue weighted by molar-refractivity contribution is 6.04. The van der Waals surface area contributed by atoms with Crippen LogP contribution in [0.3, 0.4) is 0 Å². The number of nitrogen functional groups attached to an aromatic ring is 1. The fourth-order valence-electron chi connectivity index (χ4n) is 1.44. The number of pyridine rings is 1. The van der Waals surface area contributed by atoms with Gasteiger partial charge in [-0.1, -0.05) is 18.2 Å². The minimum absolute atomic E-state index is 0.123. The van der Waals surface area contributed by atoms with Crippen molar-refractivity contribution in [1.82, 2.24) is 4.98 Å². The quantitative estimate of drug-likeness (QED) is 0.569. The van der Waals surface area contributed by atoms with Crippen molar-refractivity contribution >= 4 is 17.4 Å². The van der Waals surface area contributed by atoms with E-state index in [0.29, 0.717) is 5.69 Å². The van der Waals surface area contributed by atoms with Crippen molar-refractivity contribution in [3.63, 3.8) is 0 Å². The summed E-state index contributed by atoms with van der Waals surface area (Å²) in [6.45, 7) is 0. The Balaban J connectivity index is 2.24. The van der Waals surface area contributed by atoms with Crippen molar-refractivity contribution < 1.29 is 9.18 Å². The fraction of sp³-hybridized carbons (Fsp3) is 0. The van der Waals surface area contributed by atoms with Gasteiger partial charge in [-0.3, -0.25) is 4.79 Å². The molecule has 1 heterocycles. The summed E-state index contributed by atoms with van der Waals surface area (Å²) in [4.78, 5) is 15.5. The molecule has 5 nitrogen and oxygen atoms in total. The summed E-state index contributed by atoms with van der Waals surface area (Å²) in [5.41, 5.74) is 2.55. The predicted octanol–water partition coefficient (Wildman–Crippen LogP) is 1.76. The van der Waals surface area contributed by atoms with Crippen LogP contribution in [-0.2, 0) is 0 Å². The molecule has 2 rings (SSSR count). The van der Waals surface area contributed by atoms with Gasteiger partial charge in [0.05, 0.1) is 5.56 Å². The number of hydrogen-bond acceptors (Lipinski definition) is 4. The van der Waals surface area contributed by atoms with Crippen molar-refractivity contribution in [3.8, 4) is 0 Å². The van der Waals surface area contributed by atoms with E-state index in [1.165, 1.54) is 12.3 Å². The van der Waals surface area contributed by atoms with Crippen LogP contribution < -0.4 is 16.6 Å². The number of para-hydroxylation sites is 1. The maximum atomic E-state index is 13.8. The third-order valence-electron chi connectivity index (χ3n) is 2.30. The molecule has 1 aromatic carbocycles. The van der Waals surface area contributed by atoms with Crippen molar-refractivity contribution in [2.75, 3.05) is 10.7 Å². The largest absolute Gasteiger partial charge is 0.322 e. The number of halogens is 1. The van der Waals surface area contributed by atoms with Crippen molar-refractivity contribution in [1.29, 1.82) is 0 Å². The molecule has 0 radical (unpaired) electrons. The van der Waals surface area contributed by atoms with E-state index in [4.69, 9.17) is 5.84 Å². The number of hydrogen-bond donors (Lipinski definition) is 3. The Kier molecular flexibility index (Phi) is 3.49. The van der Waals surface area contributed by atoms with Gasteiger partial charge in [-0.25, -0.2) is 15.2 Å². The first-order chi connectivity index (χ1) is 8.72. The molecule has 1 aromatic heterocycles. The molecule has 0 aliphatic heterocycles. The lowest BCUT2D eigenvalue weighted by Gasteiger charge is -2.07. The monoisotopic (exact) mass is 246 g/mol. The Morgan fingerprint density at radius 3 is 2.61 bits per heavy atom. The fourth-order valence-corrected chi connectivity index (χ4v) is 1.44. The Labute approximate surface area is 103 Å². The lowest BCUT2D eigenvalue weighted by molar-refractivity contribution is 0.102. The summed E-state index contributed by atoms with van der Waals surface area (Å²) < 4.78 is 13.8. The zero-order valence-electron chi connectivity index (χ0n) is 9.35. The maximum absolute atomic E-state index is 13.8. The second kappa shape index (κ2) is 5.24. The van der Waals surface area contributed by atoms with Crippen LogP contribution in [0.1, 0.15) is 10.4 Å². The van der Waals surface area contributed by atoms with Crippen LogP contribution in [0.2, 0.25) is 0 Å². The van der Waals surface area contributed by atoms with Gasteiger partial charge in [0.25, 0.3) is 5.91 Å². The first-order valence-electron chi connectivity index (χ1n) is 5.20. The zero-order valence-corrected chi connectivity index (χ0v) is 9.35. The highest BCUT2D eigenvalue weighted by Gasteiger charge is 2.15. The summed E-state index contributed by atoms with van der Waals surface area (Å²) in [7, 11) is 0. The first kappa shape index (κ1) is 12.0. The van der Waals surface area contributed by atoms with Crippen LogP contribution in [0.4, 0.5) is 15.9 Å². The number of benzene rings is 1. The molecular weight excluding hydrogens is 235 g/mol. The highest BCUT2D eigenvalue weighted by atomic mass is 19.1. The van der Waals surface area contributed by atoms with E-state index in [0.717, 1.165) is 0 Å². The Bertz CT molecular complexity index is 559. The molecular formula is C12H11FN4O. The molecule has 0 saturated heterocycles. The van der Waals surface area contributed by atoms with Crippen LogP contribution in [0, 0.1) is 5.82 Å². The van der Waals surface area contributed by atoms with E-state index in [-0.39, 0.29) is 11.4 Å². The van der Waals surface area contributed by atoms with Crippen molar-refractivity contribution in [2.45, 2.75) is 0 Å². The summed E-state index contributed by atoms with van der Waals surface area (Å²) in [5, 5.41) is 2.58. The number of amides is 1. The minimum Gasteiger partial charge on any atom is -0.322 e. The number of carbonyl (C=O) groups excluding carboxylic acids is 1. The normalized spacial score (nSPS) is 9.89. The molecule has 0 spiro atoms. The molecule has 0 bridgehead atoms. The van der Waals surface area contributed by atoms with Gasteiger partial charge >= 0.3 is 0 Å². The standard InChI is InChI=1S/C12H11FN4O/c13-10-9(6-7-15-11(10)17-14)12(18)16-8-4-2-1-3-5-8/h1-7H,14H2,(H,15,17)(H,16,18). The number of nitrogens with zero attached hydrogens (tertiary/aromatic N) is 1.